The molecule has 2 aromatic carbocycles. The van der Waals surface area contributed by atoms with Gasteiger partial charge in [0.1, 0.15) is 0 Å². The van der Waals surface area contributed by atoms with Gasteiger partial charge in [-0.25, -0.2) is 4.98 Å². The highest BCUT2D eigenvalue weighted by Gasteiger charge is 2.09. The van der Waals surface area contributed by atoms with Crippen LogP contribution < -0.4 is 5.32 Å². The molecule has 0 aliphatic carbocycles. The monoisotopic (exact) mass is 324 g/mol. The molecule has 0 atom stereocenters. The van der Waals surface area contributed by atoms with Crippen molar-refractivity contribution in [2.75, 3.05) is 5.32 Å². The van der Waals surface area contributed by atoms with Crippen molar-refractivity contribution in [3.05, 3.63) is 59.2 Å². The van der Waals surface area contributed by atoms with Gasteiger partial charge in [-0.05, 0) is 42.5 Å². The lowest BCUT2D eigenvalue weighted by Crippen LogP contribution is -2.12. The number of hydrogen-bond acceptors (Lipinski definition) is 3. The maximum absolute atomic E-state index is 12.1. The van der Waals surface area contributed by atoms with Crippen molar-refractivity contribution in [1.29, 1.82) is 0 Å². The van der Waals surface area contributed by atoms with Gasteiger partial charge in [-0.3, -0.25) is 4.79 Å². The number of fused-ring (bicyclic) bond motifs is 1. The van der Waals surface area contributed by atoms with Crippen molar-refractivity contribution in [2.24, 2.45) is 0 Å². The minimum Gasteiger partial charge on any atom is -0.302 e. The van der Waals surface area contributed by atoms with Crippen molar-refractivity contribution in [3.8, 4) is 0 Å². The Bertz CT molecular complexity index is 821. The van der Waals surface area contributed by atoms with Crippen molar-refractivity contribution < 1.29 is 4.79 Å². The predicted molar refractivity (Wildman–Crippen MR) is 97.1 cm³/mol. The van der Waals surface area contributed by atoms with Crippen molar-refractivity contribution in [3.63, 3.8) is 0 Å². The SMILES string of the molecule is CCc1ccc(CCC(=O)Nc2nc3c(C)cccc3s2)cc1. The first-order valence-electron chi connectivity index (χ1n) is 7.89. The van der Waals surface area contributed by atoms with E-state index in [2.05, 4.69) is 41.5 Å². The lowest BCUT2D eigenvalue weighted by atomic mass is 10.1. The van der Waals surface area contributed by atoms with E-state index in [1.807, 2.05) is 25.1 Å². The van der Waals surface area contributed by atoms with Crippen LogP contribution in [0.4, 0.5) is 5.13 Å². The molecule has 3 aromatic rings. The third-order valence-electron chi connectivity index (χ3n) is 3.94. The molecule has 0 radical (unpaired) electrons. The molecule has 3 rings (SSSR count). The molecule has 1 aromatic heterocycles. The summed E-state index contributed by atoms with van der Waals surface area (Å²) < 4.78 is 1.11. The molecule has 0 saturated carbocycles. The summed E-state index contributed by atoms with van der Waals surface area (Å²) in [7, 11) is 0. The van der Waals surface area contributed by atoms with Crippen LogP contribution in [0.3, 0.4) is 0 Å². The maximum Gasteiger partial charge on any atom is 0.226 e. The predicted octanol–water partition coefficient (Wildman–Crippen LogP) is 4.74. The minimum atomic E-state index is 0.0151. The summed E-state index contributed by atoms with van der Waals surface area (Å²) in [4.78, 5) is 16.6. The van der Waals surface area contributed by atoms with Gasteiger partial charge in [-0.15, -0.1) is 0 Å². The number of carbonyl (C=O) groups is 1. The van der Waals surface area contributed by atoms with Crippen LogP contribution in [0.1, 0.15) is 30.0 Å². The van der Waals surface area contributed by atoms with Gasteiger partial charge >= 0.3 is 0 Å². The highest BCUT2D eigenvalue weighted by molar-refractivity contribution is 7.22. The van der Waals surface area contributed by atoms with E-state index in [9.17, 15) is 4.79 Å². The number of aromatic nitrogens is 1. The summed E-state index contributed by atoms with van der Waals surface area (Å²) >= 11 is 1.52. The second-order valence-corrected chi connectivity index (χ2v) is 6.69. The number of para-hydroxylation sites is 1. The largest absolute Gasteiger partial charge is 0.302 e. The Morgan fingerprint density at radius 2 is 1.87 bits per heavy atom. The fraction of sp³-hybridized carbons (Fsp3) is 0.263. The molecule has 1 N–H and O–H groups in total. The Kier molecular flexibility index (Phi) is 4.72. The molecule has 0 unspecified atom stereocenters. The summed E-state index contributed by atoms with van der Waals surface area (Å²) in [5.74, 6) is 0.0151. The molecule has 0 fully saturated rings. The second-order valence-electron chi connectivity index (χ2n) is 5.66. The Balaban J connectivity index is 1.60. The zero-order valence-electron chi connectivity index (χ0n) is 13.4. The van der Waals surface area contributed by atoms with E-state index >= 15 is 0 Å². The molecule has 3 nitrogen and oxygen atoms in total. The molecule has 1 amide bonds. The van der Waals surface area contributed by atoms with Gasteiger partial charge in [0.25, 0.3) is 0 Å². The second kappa shape index (κ2) is 6.92. The van der Waals surface area contributed by atoms with Gasteiger partial charge in [-0.1, -0.05) is 54.7 Å². The van der Waals surface area contributed by atoms with E-state index in [1.165, 1.54) is 22.5 Å². The highest BCUT2D eigenvalue weighted by Crippen LogP contribution is 2.27. The first-order valence-corrected chi connectivity index (χ1v) is 8.71. The molecule has 0 spiro atoms. The van der Waals surface area contributed by atoms with Crippen molar-refractivity contribution >= 4 is 32.6 Å². The van der Waals surface area contributed by atoms with Gasteiger partial charge in [0.2, 0.25) is 5.91 Å². The molecule has 1 heterocycles. The molecule has 0 aliphatic rings. The molecule has 4 heteroatoms. The number of amides is 1. The van der Waals surface area contributed by atoms with Crippen LogP contribution >= 0.6 is 11.3 Å². The average Bonchev–Trinajstić information content (AvgIpc) is 2.97. The number of carbonyl (C=O) groups excluding carboxylic acids is 1. The minimum absolute atomic E-state index is 0.0151. The van der Waals surface area contributed by atoms with Gasteiger partial charge in [0, 0.05) is 6.42 Å². The fourth-order valence-corrected chi connectivity index (χ4v) is 3.48. The number of aryl methyl sites for hydroxylation is 3. The standard InChI is InChI=1S/C19H20N2OS/c1-3-14-7-9-15(10-8-14)11-12-17(22)20-19-21-18-13(2)5-4-6-16(18)23-19/h4-10H,3,11-12H2,1-2H3,(H,20,21,22). The maximum atomic E-state index is 12.1. The lowest BCUT2D eigenvalue weighted by molar-refractivity contribution is -0.116. The van der Waals surface area contributed by atoms with Crippen LogP contribution in [0.15, 0.2) is 42.5 Å². The Morgan fingerprint density at radius 3 is 2.57 bits per heavy atom. The fourth-order valence-electron chi connectivity index (χ4n) is 2.52. The van der Waals surface area contributed by atoms with Crippen molar-refractivity contribution in [2.45, 2.75) is 33.1 Å². The highest BCUT2D eigenvalue weighted by atomic mass is 32.1. The van der Waals surface area contributed by atoms with Crippen LogP contribution in [0.2, 0.25) is 0 Å². The van der Waals surface area contributed by atoms with Crippen LogP contribution in [0.25, 0.3) is 10.2 Å². The number of nitrogens with one attached hydrogen (secondary N) is 1. The number of rotatable bonds is 5. The molecule has 0 bridgehead atoms. The number of nitrogens with zero attached hydrogens (tertiary/aromatic N) is 1. The van der Waals surface area contributed by atoms with Crippen LogP contribution in [-0.2, 0) is 17.6 Å². The average molecular weight is 324 g/mol. The molecular weight excluding hydrogens is 304 g/mol. The van der Waals surface area contributed by atoms with E-state index < -0.39 is 0 Å². The summed E-state index contributed by atoms with van der Waals surface area (Å²) in [6.07, 6.45) is 2.26. The summed E-state index contributed by atoms with van der Waals surface area (Å²) in [6.45, 7) is 4.18. The zero-order chi connectivity index (χ0) is 16.2. The number of benzene rings is 2. The Labute approximate surface area is 140 Å². The first-order chi connectivity index (χ1) is 11.2. The van der Waals surface area contributed by atoms with Crippen LogP contribution in [0, 0.1) is 6.92 Å². The van der Waals surface area contributed by atoms with E-state index in [-0.39, 0.29) is 5.91 Å². The molecule has 23 heavy (non-hydrogen) atoms. The third kappa shape index (κ3) is 3.77. The van der Waals surface area contributed by atoms with Gasteiger partial charge in [-0.2, -0.15) is 0 Å². The normalized spacial score (nSPS) is 10.9. The number of anilines is 1. The quantitative estimate of drug-likeness (QED) is 0.736. The van der Waals surface area contributed by atoms with Gasteiger partial charge in [0.15, 0.2) is 5.13 Å². The summed E-state index contributed by atoms with van der Waals surface area (Å²) in [5.41, 5.74) is 4.62. The van der Waals surface area contributed by atoms with E-state index in [0.717, 1.165) is 28.6 Å². The molecule has 0 aliphatic heterocycles. The topological polar surface area (TPSA) is 42.0 Å². The number of thiazole rings is 1. The Hall–Kier alpha value is -2.20. The van der Waals surface area contributed by atoms with E-state index in [1.54, 1.807) is 0 Å². The lowest BCUT2D eigenvalue weighted by Gasteiger charge is -2.03. The molecule has 0 saturated heterocycles. The number of hydrogen-bond donors (Lipinski definition) is 1. The van der Waals surface area contributed by atoms with E-state index in [0.29, 0.717) is 11.6 Å². The van der Waals surface area contributed by atoms with Crippen molar-refractivity contribution in [1.82, 2.24) is 4.98 Å². The first kappa shape index (κ1) is 15.7. The Morgan fingerprint density at radius 1 is 1.13 bits per heavy atom. The summed E-state index contributed by atoms with van der Waals surface area (Å²) in [6, 6.07) is 14.5. The molecule has 118 valence electrons. The molecular formula is C19H20N2OS. The van der Waals surface area contributed by atoms with Crippen LogP contribution in [0.5, 0.6) is 0 Å². The van der Waals surface area contributed by atoms with Gasteiger partial charge in [0.05, 0.1) is 10.2 Å². The smallest absolute Gasteiger partial charge is 0.226 e. The third-order valence-corrected chi connectivity index (χ3v) is 4.88. The zero-order valence-corrected chi connectivity index (χ0v) is 14.2. The van der Waals surface area contributed by atoms with E-state index in [4.69, 9.17) is 0 Å². The van der Waals surface area contributed by atoms with Gasteiger partial charge < -0.3 is 5.32 Å². The van der Waals surface area contributed by atoms with Crippen LogP contribution in [-0.4, -0.2) is 10.9 Å². The summed E-state index contributed by atoms with van der Waals surface area (Å²) in [5, 5.41) is 3.60.